The zero-order valence-corrected chi connectivity index (χ0v) is 13.7. The monoisotopic (exact) mass is 470 g/mol. The maximum atomic E-state index is 9.98. The fourth-order valence-corrected chi connectivity index (χ4v) is 1.42. The molecule has 8 nitrogen and oxygen atoms in total. The molecule has 118 valence electrons. The van der Waals surface area contributed by atoms with Crippen molar-refractivity contribution in [3.63, 3.8) is 0 Å². The van der Waals surface area contributed by atoms with Gasteiger partial charge in [-0.25, -0.2) is 10.4 Å². The molecule has 4 N–H and O–H groups in total. The Morgan fingerprint density at radius 2 is 1.50 bits per heavy atom. The maximum Gasteiger partial charge on any atom is 4.00 e. The summed E-state index contributed by atoms with van der Waals surface area (Å²) in [5, 5.41) is 22.5. The number of nitrogens with one attached hydrogen (secondary N) is 2. The fourth-order valence-electron chi connectivity index (χ4n) is 1.42. The smallest absolute Gasteiger partial charge is 0.876 e. The van der Waals surface area contributed by atoms with Gasteiger partial charge < -0.3 is 16.6 Å². The van der Waals surface area contributed by atoms with Crippen LogP contribution in [0.5, 0.6) is 0 Å². The first kappa shape index (κ1) is 24.1. The van der Waals surface area contributed by atoms with E-state index in [1.807, 2.05) is 0 Å². The summed E-state index contributed by atoms with van der Waals surface area (Å²) in [4.78, 5) is 18.4. The summed E-state index contributed by atoms with van der Waals surface area (Å²) in [6.07, 6.45) is 5.30. The van der Waals surface area contributed by atoms with Gasteiger partial charge in [-0.15, -0.1) is 5.76 Å². The van der Waals surface area contributed by atoms with Gasteiger partial charge in [-0.1, -0.05) is 32.6 Å². The Bertz CT molecular complexity index is 294. The molecular weight excluding hydrogens is 449 g/mol. The Morgan fingerprint density at radius 1 is 1.20 bits per heavy atom. The minimum absolute atomic E-state index is 0. The van der Waals surface area contributed by atoms with Crippen LogP contribution in [-0.2, 0) is 25.9 Å². The molecule has 0 aliphatic heterocycles. The van der Waals surface area contributed by atoms with Crippen molar-refractivity contribution in [3.8, 4) is 0 Å². The van der Waals surface area contributed by atoms with E-state index in [9.17, 15) is 9.90 Å². The zero-order valence-electron chi connectivity index (χ0n) is 11.4. The second-order valence-corrected chi connectivity index (χ2v) is 4.12. The third-order valence-electron chi connectivity index (χ3n) is 2.17. The van der Waals surface area contributed by atoms with Crippen LogP contribution in [0.15, 0.2) is 11.8 Å². The van der Waals surface area contributed by atoms with Gasteiger partial charge in [0.15, 0.2) is 5.78 Å². The normalized spacial score (nSPS) is 21.1. The van der Waals surface area contributed by atoms with Crippen LogP contribution in [0.3, 0.4) is 0 Å². The number of hydrogen-bond acceptors (Lipinski definition) is 3. The van der Waals surface area contributed by atoms with Crippen molar-refractivity contribution in [2.75, 3.05) is 0 Å². The Hall–Kier alpha value is -0.982. The summed E-state index contributed by atoms with van der Waals surface area (Å²) in [5.41, 5.74) is 14.6. The molecule has 9 heteroatoms. The first-order valence-corrected chi connectivity index (χ1v) is 5.80. The number of carbonyl (C=O) groups is 1. The molecule has 0 aromatic heterocycles. The topological polar surface area (TPSA) is 148 Å². The van der Waals surface area contributed by atoms with Crippen molar-refractivity contribution < 1.29 is 46.5 Å². The van der Waals surface area contributed by atoms with E-state index in [0.717, 1.165) is 18.9 Å². The van der Waals surface area contributed by atoms with Gasteiger partial charge in [-0.3, -0.25) is 4.79 Å². The second kappa shape index (κ2) is 14.4. The Balaban J connectivity index is -0.000000224. The van der Waals surface area contributed by atoms with Crippen molar-refractivity contribution in [3.05, 3.63) is 28.2 Å². The summed E-state index contributed by atoms with van der Waals surface area (Å²) >= 11 is 0. The number of carbonyl (C=O) groups excluding carboxylic acids is 1. The van der Waals surface area contributed by atoms with Gasteiger partial charge in [0.05, 0.1) is 0 Å². The summed E-state index contributed by atoms with van der Waals surface area (Å²) in [6.45, 7) is 2.70. The van der Waals surface area contributed by atoms with Crippen molar-refractivity contribution in [2.24, 2.45) is 0 Å². The predicted octanol–water partition coefficient (Wildman–Crippen LogP) is 1.78. The molecule has 0 aromatic carbocycles. The third-order valence-corrected chi connectivity index (χ3v) is 2.17. The standard InChI is InChI=1S/C6H12N2.C5H8O2.H2NO3.Pt/c7-5-3-1-2-4-6(5)8;1-4(6)3-5(2)7;2-1(3)4;/h5-8H,1-4H2;3,6H,1-2H3;(H2,2,3,4);/q-2;;+1;+4/p-1/b;4-3-;;. The van der Waals surface area contributed by atoms with E-state index >= 15 is 0 Å². The summed E-state index contributed by atoms with van der Waals surface area (Å²) in [6, 6.07) is -0.160. The number of hydrogen-bond donors (Lipinski definition) is 2. The van der Waals surface area contributed by atoms with E-state index in [2.05, 4.69) is 0 Å². The van der Waals surface area contributed by atoms with Crippen LogP contribution in [0.2, 0.25) is 0 Å². The van der Waals surface area contributed by atoms with Gasteiger partial charge in [-0.05, 0) is 13.0 Å². The molecule has 1 aliphatic rings. The molecular formula is C11H21N3O5Pt+2. The Labute approximate surface area is 132 Å². The first-order chi connectivity index (χ1) is 8.66. The molecule has 1 saturated carbocycles. The average Bonchev–Trinajstić information content (AvgIpc) is 2.20. The molecule has 0 bridgehead atoms. The largest absolute Gasteiger partial charge is 4.00 e. The Kier molecular flexibility index (Phi) is 17.4. The van der Waals surface area contributed by atoms with Gasteiger partial charge >= 0.3 is 26.2 Å². The predicted molar refractivity (Wildman–Crippen MR) is 66.3 cm³/mol. The molecule has 0 spiro atoms. The van der Waals surface area contributed by atoms with E-state index < -0.39 is 5.09 Å². The van der Waals surface area contributed by atoms with E-state index in [1.54, 1.807) is 0 Å². The minimum atomic E-state index is -1.25. The first-order valence-electron chi connectivity index (χ1n) is 5.80. The van der Waals surface area contributed by atoms with Crippen LogP contribution in [0.1, 0.15) is 39.5 Å². The molecule has 1 fully saturated rings. The molecule has 2 unspecified atom stereocenters. The molecule has 0 heterocycles. The molecule has 0 aromatic rings. The van der Waals surface area contributed by atoms with E-state index in [4.69, 9.17) is 26.8 Å². The quantitative estimate of drug-likeness (QED) is 0.341. The molecule has 1 rings (SSSR count). The molecule has 0 radical (unpaired) electrons. The Morgan fingerprint density at radius 3 is 1.60 bits per heavy atom. The SMILES string of the molecule is CC(=O)/C=C(/C)[O-].O=[N+](O)O.[NH-]C1CCCCC1[NH-].[Pt+4]. The van der Waals surface area contributed by atoms with Crippen molar-refractivity contribution in [2.45, 2.75) is 51.6 Å². The van der Waals surface area contributed by atoms with Crippen LogP contribution < -0.4 is 5.11 Å². The molecule has 20 heavy (non-hydrogen) atoms. The number of nitrogens with zero attached hydrogens (tertiary/aromatic N) is 1. The molecule has 0 saturated heterocycles. The summed E-state index contributed by atoms with van der Waals surface area (Å²) in [5.74, 6) is -0.375. The van der Waals surface area contributed by atoms with Gasteiger partial charge in [0, 0.05) is 0 Å². The van der Waals surface area contributed by atoms with E-state index in [1.165, 1.54) is 26.7 Å². The van der Waals surface area contributed by atoms with Crippen LogP contribution in [0.25, 0.3) is 11.5 Å². The van der Waals surface area contributed by atoms with Crippen LogP contribution in [0, 0.1) is 4.91 Å². The van der Waals surface area contributed by atoms with Crippen molar-refractivity contribution >= 4 is 5.78 Å². The third kappa shape index (κ3) is 22.2. The van der Waals surface area contributed by atoms with Crippen LogP contribution in [0.4, 0.5) is 0 Å². The van der Waals surface area contributed by atoms with Gasteiger partial charge in [0.2, 0.25) is 0 Å². The van der Waals surface area contributed by atoms with E-state index in [-0.39, 0.29) is 44.7 Å². The summed E-state index contributed by atoms with van der Waals surface area (Å²) in [7, 11) is 0. The summed E-state index contributed by atoms with van der Waals surface area (Å²) < 4.78 is 0. The fraction of sp³-hybridized carbons (Fsp3) is 0.727. The number of rotatable bonds is 1. The zero-order chi connectivity index (χ0) is 15.4. The molecule has 0 amide bonds. The molecule has 2 atom stereocenters. The van der Waals surface area contributed by atoms with Crippen molar-refractivity contribution in [1.29, 1.82) is 0 Å². The van der Waals surface area contributed by atoms with Gasteiger partial charge in [0.25, 0.3) is 0 Å². The number of allylic oxidation sites excluding steroid dienone is 2. The van der Waals surface area contributed by atoms with Gasteiger partial charge in [-0.2, -0.15) is 12.1 Å². The molecule has 1 aliphatic carbocycles. The minimum Gasteiger partial charge on any atom is -0.876 e. The van der Waals surface area contributed by atoms with Gasteiger partial charge in [0.1, 0.15) is 4.91 Å². The maximum absolute atomic E-state index is 9.98. The average molecular weight is 470 g/mol. The number of ketones is 1. The van der Waals surface area contributed by atoms with Crippen LogP contribution >= 0.6 is 0 Å². The van der Waals surface area contributed by atoms with Crippen LogP contribution in [-0.4, -0.2) is 33.4 Å². The van der Waals surface area contributed by atoms with Crippen molar-refractivity contribution in [1.82, 2.24) is 0 Å². The second-order valence-electron chi connectivity index (χ2n) is 4.12. The van der Waals surface area contributed by atoms with E-state index in [0.29, 0.717) is 0 Å².